The van der Waals surface area contributed by atoms with E-state index in [1.807, 2.05) is 32.0 Å². The van der Waals surface area contributed by atoms with E-state index in [9.17, 15) is 14.7 Å². The molecule has 8 heteroatoms. The summed E-state index contributed by atoms with van der Waals surface area (Å²) in [5.41, 5.74) is 2.00. The van der Waals surface area contributed by atoms with Crippen molar-refractivity contribution in [3.05, 3.63) is 94.8 Å². The maximum atomic E-state index is 15.1. The number of Topliss-reactive ketones (excluding diaryl/α,β-unsaturated/α-hetero) is 1. The van der Waals surface area contributed by atoms with Crippen LogP contribution in [0.15, 0.2) is 72.3 Å². The summed E-state index contributed by atoms with van der Waals surface area (Å²) in [5, 5.41) is 11.5. The molecule has 2 heterocycles. The van der Waals surface area contributed by atoms with E-state index in [2.05, 4.69) is 4.98 Å². The van der Waals surface area contributed by atoms with Gasteiger partial charge in [-0.25, -0.2) is 9.37 Å². The Morgan fingerprint density at radius 2 is 1.83 bits per heavy atom. The molecule has 1 aliphatic rings. The molecular weight excluding hydrogens is 479 g/mol. The standard InChI is InChI=1S/C28H23FN2O4S/c1-3-16-9-14-21-22(15-16)36-28(30-21)31-24(19-7-5-6-8-20(19)29)23(26(33)27(31)34)25(32)17-10-12-18(13-11-17)35-4-2/h5-15,24,32H,3-4H2,1-2H3/b25-23+/t24-/m1/s1. The second-order valence-electron chi connectivity index (χ2n) is 8.30. The maximum absolute atomic E-state index is 15.1. The number of amides is 1. The van der Waals surface area contributed by atoms with Crippen molar-refractivity contribution in [1.29, 1.82) is 0 Å². The minimum Gasteiger partial charge on any atom is -0.507 e. The first kappa shape index (κ1) is 23.7. The average molecular weight is 503 g/mol. The molecule has 5 rings (SSSR count). The smallest absolute Gasteiger partial charge is 0.301 e. The van der Waals surface area contributed by atoms with Crippen LogP contribution in [0.2, 0.25) is 0 Å². The quantitative estimate of drug-likeness (QED) is 0.198. The molecule has 4 aromatic rings. The Labute approximate surface area is 211 Å². The summed E-state index contributed by atoms with van der Waals surface area (Å²) in [4.78, 5) is 32.4. The summed E-state index contributed by atoms with van der Waals surface area (Å²) in [5.74, 6) is -2.15. The lowest BCUT2D eigenvalue weighted by atomic mass is 9.95. The van der Waals surface area contributed by atoms with Gasteiger partial charge in [-0.15, -0.1) is 0 Å². The monoisotopic (exact) mass is 502 g/mol. The molecule has 0 spiro atoms. The molecular formula is C28H23FN2O4S. The largest absolute Gasteiger partial charge is 0.507 e. The summed E-state index contributed by atoms with van der Waals surface area (Å²) in [7, 11) is 0. The highest BCUT2D eigenvalue weighted by Gasteiger charge is 2.49. The fraction of sp³-hybridized carbons (Fsp3) is 0.179. The fourth-order valence-corrected chi connectivity index (χ4v) is 5.39. The minimum absolute atomic E-state index is 0.0951. The lowest BCUT2D eigenvalue weighted by molar-refractivity contribution is -0.132. The van der Waals surface area contributed by atoms with Crippen molar-refractivity contribution < 1.29 is 23.8 Å². The number of aromatic nitrogens is 1. The first-order chi connectivity index (χ1) is 17.4. The van der Waals surface area contributed by atoms with Crippen molar-refractivity contribution in [2.45, 2.75) is 26.3 Å². The summed E-state index contributed by atoms with van der Waals surface area (Å²) in [6.45, 7) is 4.38. The van der Waals surface area contributed by atoms with Crippen molar-refractivity contribution in [3.8, 4) is 5.75 Å². The maximum Gasteiger partial charge on any atom is 0.301 e. The van der Waals surface area contributed by atoms with E-state index >= 15 is 4.39 Å². The number of ether oxygens (including phenoxy) is 1. The molecule has 1 aromatic heterocycles. The van der Waals surface area contributed by atoms with Crippen molar-refractivity contribution in [2.24, 2.45) is 0 Å². The van der Waals surface area contributed by atoms with E-state index in [0.717, 1.165) is 16.7 Å². The van der Waals surface area contributed by atoms with Crippen molar-refractivity contribution >= 4 is 44.1 Å². The third kappa shape index (κ3) is 4.03. The number of anilines is 1. The number of benzene rings is 3. The molecule has 36 heavy (non-hydrogen) atoms. The number of aliphatic hydroxyl groups is 1. The summed E-state index contributed by atoms with van der Waals surface area (Å²) < 4.78 is 21.4. The van der Waals surface area contributed by atoms with E-state index in [-0.39, 0.29) is 22.0 Å². The Morgan fingerprint density at radius 3 is 2.53 bits per heavy atom. The first-order valence-electron chi connectivity index (χ1n) is 11.6. The van der Waals surface area contributed by atoms with Gasteiger partial charge in [0.05, 0.1) is 22.4 Å². The Kier molecular flexibility index (Phi) is 6.28. The van der Waals surface area contributed by atoms with Crippen LogP contribution in [0.5, 0.6) is 5.75 Å². The number of thiazole rings is 1. The van der Waals surface area contributed by atoms with Gasteiger partial charge in [0, 0.05) is 11.1 Å². The molecule has 0 saturated carbocycles. The first-order valence-corrected chi connectivity index (χ1v) is 12.4. The number of nitrogens with zero attached hydrogens (tertiary/aromatic N) is 2. The van der Waals surface area contributed by atoms with E-state index in [4.69, 9.17) is 4.74 Å². The topological polar surface area (TPSA) is 79.7 Å². The summed E-state index contributed by atoms with van der Waals surface area (Å²) in [6, 6.07) is 17.1. The normalized spacial score (nSPS) is 17.2. The van der Waals surface area contributed by atoms with E-state index in [1.165, 1.54) is 34.4 Å². The number of hydrogen-bond acceptors (Lipinski definition) is 6. The van der Waals surface area contributed by atoms with E-state index < -0.39 is 23.5 Å². The lowest BCUT2D eigenvalue weighted by Crippen LogP contribution is -2.29. The van der Waals surface area contributed by atoms with Crippen LogP contribution in [0, 0.1) is 5.82 Å². The molecule has 1 aliphatic heterocycles. The lowest BCUT2D eigenvalue weighted by Gasteiger charge is -2.23. The average Bonchev–Trinajstić information content (AvgIpc) is 3.42. The molecule has 1 amide bonds. The minimum atomic E-state index is -1.18. The molecule has 0 radical (unpaired) electrons. The highest BCUT2D eigenvalue weighted by atomic mass is 32.1. The molecule has 1 saturated heterocycles. The predicted octanol–water partition coefficient (Wildman–Crippen LogP) is 6.02. The van der Waals surface area contributed by atoms with Crippen LogP contribution in [0.3, 0.4) is 0 Å². The number of fused-ring (bicyclic) bond motifs is 1. The second kappa shape index (κ2) is 9.54. The van der Waals surface area contributed by atoms with Gasteiger partial charge in [-0.1, -0.05) is 42.5 Å². The third-order valence-corrected chi connectivity index (χ3v) is 7.16. The van der Waals surface area contributed by atoms with Gasteiger partial charge in [0.2, 0.25) is 0 Å². The summed E-state index contributed by atoms with van der Waals surface area (Å²) in [6.07, 6.45) is 0.838. The summed E-state index contributed by atoms with van der Waals surface area (Å²) >= 11 is 1.25. The molecule has 0 unspecified atom stereocenters. The van der Waals surface area contributed by atoms with Gasteiger partial charge in [0.15, 0.2) is 5.13 Å². The zero-order valence-corrected chi connectivity index (χ0v) is 20.5. The number of carbonyl (C=O) groups excluding carboxylic acids is 2. The highest BCUT2D eigenvalue weighted by molar-refractivity contribution is 7.22. The van der Waals surface area contributed by atoms with Crippen LogP contribution in [0.4, 0.5) is 9.52 Å². The van der Waals surface area contributed by atoms with Crippen LogP contribution in [-0.4, -0.2) is 28.4 Å². The number of carbonyl (C=O) groups is 2. The number of aryl methyl sites for hydroxylation is 1. The molecule has 6 nitrogen and oxygen atoms in total. The molecule has 3 aromatic carbocycles. The zero-order chi connectivity index (χ0) is 25.4. The van der Waals surface area contributed by atoms with Crippen LogP contribution in [0.25, 0.3) is 16.0 Å². The molecule has 1 fully saturated rings. The predicted molar refractivity (Wildman–Crippen MR) is 138 cm³/mol. The Bertz CT molecular complexity index is 1510. The van der Waals surface area contributed by atoms with E-state index in [0.29, 0.717) is 23.4 Å². The molecule has 1 N–H and O–H groups in total. The van der Waals surface area contributed by atoms with Crippen LogP contribution < -0.4 is 9.64 Å². The van der Waals surface area contributed by atoms with Crippen molar-refractivity contribution in [1.82, 2.24) is 4.98 Å². The van der Waals surface area contributed by atoms with Crippen LogP contribution >= 0.6 is 11.3 Å². The second-order valence-corrected chi connectivity index (χ2v) is 9.31. The number of hydrogen-bond donors (Lipinski definition) is 1. The van der Waals surface area contributed by atoms with Gasteiger partial charge in [0.1, 0.15) is 23.4 Å². The zero-order valence-electron chi connectivity index (χ0n) is 19.7. The van der Waals surface area contributed by atoms with Gasteiger partial charge in [-0.3, -0.25) is 14.5 Å². The number of ketones is 1. The number of halogens is 1. The van der Waals surface area contributed by atoms with Crippen LogP contribution in [0.1, 0.15) is 36.6 Å². The molecule has 182 valence electrons. The van der Waals surface area contributed by atoms with Crippen molar-refractivity contribution in [3.63, 3.8) is 0 Å². The number of rotatable bonds is 6. The third-order valence-electron chi connectivity index (χ3n) is 6.14. The van der Waals surface area contributed by atoms with Gasteiger partial charge in [-0.05, 0) is 61.4 Å². The highest BCUT2D eigenvalue weighted by Crippen LogP contribution is 2.45. The van der Waals surface area contributed by atoms with Gasteiger partial charge < -0.3 is 9.84 Å². The SMILES string of the molecule is CCOc1ccc(/C(O)=C2\C(=O)C(=O)N(c3nc4ccc(CC)cc4s3)[C@@H]2c2ccccc2F)cc1. The molecule has 0 bridgehead atoms. The fourth-order valence-electron chi connectivity index (χ4n) is 4.33. The Morgan fingerprint density at radius 1 is 1.08 bits per heavy atom. The van der Waals surface area contributed by atoms with E-state index in [1.54, 1.807) is 30.3 Å². The van der Waals surface area contributed by atoms with Crippen LogP contribution in [-0.2, 0) is 16.0 Å². The van der Waals surface area contributed by atoms with Gasteiger partial charge >= 0.3 is 5.91 Å². The molecule has 1 atom stereocenters. The van der Waals surface area contributed by atoms with Gasteiger partial charge in [-0.2, -0.15) is 0 Å². The Balaban J connectivity index is 1.69. The van der Waals surface area contributed by atoms with Gasteiger partial charge in [0.25, 0.3) is 5.78 Å². The molecule has 0 aliphatic carbocycles. The number of aliphatic hydroxyl groups excluding tert-OH is 1. The van der Waals surface area contributed by atoms with Crippen molar-refractivity contribution in [2.75, 3.05) is 11.5 Å². The Hall–Kier alpha value is -4.04.